The van der Waals surface area contributed by atoms with Gasteiger partial charge in [-0.1, -0.05) is 47.5 Å². The molecule has 2 rings (SSSR count). The molecule has 2 aromatic rings. The zero-order valence-corrected chi connectivity index (χ0v) is 13.2. The Bertz CT molecular complexity index is 534. The van der Waals surface area contributed by atoms with Crippen LogP contribution in [0, 0.1) is 0 Å². The van der Waals surface area contributed by atoms with Gasteiger partial charge in [0.1, 0.15) is 0 Å². The van der Waals surface area contributed by atoms with Gasteiger partial charge in [-0.25, -0.2) is 0 Å². The van der Waals surface area contributed by atoms with Crippen molar-refractivity contribution < 1.29 is 0 Å². The highest BCUT2D eigenvalue weighted by molar-refractivity contribution is 6.30. The Labute approximate surface area is 130 Å². The third-order valence-corrected chi connectivity index (χ3v) is 4.23. The summed E-state index contributed by atoms with van der Waals surface area (Å²) in [5.41, 5.74) is 2.59. The van der Waals surface area contributed by atoms with Crippen molar-refractivity contribution in [3.05, 3.63) is 69.7 Å². The number of hydrogen-bond donors (Lipinski definition) is 1. The maximum absolute atomic E-state index is 5.98. The molecule has 3 heteroatoms. The Hall–Kier alpha value is -1.02. The van der Waals surface area contributed by atoms with Crippen LogP contribution in [0.15, 0.2) is 48.5 Å². The molecule has 20 heavy (non-hydrogen) atoms. The lowest BCUT2D eigenvalue weighted by molar-refractivity contribution is 0.491. The molecule has 0 radical (unpaired) electrons. The Morgan fingerprint density at radius 2 is 1.40 bits per heavy atom. The molecule has 2 aromatic carbocycles. The summed E-state index contributed by atoms with van der Waals surface area (Å²) in [5.74, 6) is 0.401. The molecule has 0 aliphatic carbocycles. The standard InChI is InChI=1S/C17H19Cl2N/c1-12(20-2)17(14-5-9-16(19)10-6-14)11-13-3-7-15(18)8-4-13/h3-10,12,17,20H,11H2,1-2H3. The predicted molar refractivity (Wildman–Crippen MR) is 87.9 cm³/mol. The van der Waals surface area contributed by atoms with Gasteiger partial charge in [-0.15, -0.1) is 0 Å². The second kappa shape index (κ2) is 7.12. The van der Waals surface area contributed by atoms with Gasteiger partial charge in [0.2, 0.25) is 0 Å². The molecule has 0 amide bonds. The number of rotatable bonds is 5. The van der Waals surface area contributed by atoms with E-state index in [1.54, 1.807) is 0 Å². The molecule has 0 aliphatic rings. The third-order valence-electron chi connectivity index (χ3n) is 3.73. The highest BCUT2D eigenvalue weighted by Gasteiger charge is 2.18. The van der Waals surface area contributed by atoms with Gasteiger partial charge >= 0.3 is 0 Å². The number of hydrogen-bond acceptors (Lipinski definition) is 1. The topological polar surface area (TPSA) is 12.0 Å². The lowest BCUT2D eigenvalue weighted by atomic mass is 9.86. The summed E-state index contributed by atoms with van der Waals surface area (Å²) in [7, 11) is 2.00. The van der Waals surface area contributed by atoms with Gasteiger partial charge in [0.05, 0.1) is 0 Å². The molecular formula is C17H19Cl2N. The fourth-order valence-corrected chi connectivity index (χ4v) is 2.62. The van der Waals surface area contributed by atoms with E-state index in [1.807, 2.05) is 31.3 Å². The average Bonchev–Trinajstić information content (AvgIpc) is 2.47. The first-order valence-electron chi connectivity index (χ1n) is 6.77. The van der Waals surface area contributed by atoms with Crippen molar-refractivity contribution in [3.63, 3.8) is 0 Å². The van der Waals surface area contributed by atoms with E-state index in [1.165, 1.54) is 11.1 Å². The third kappa shape index (κ3) is 3.99. The van der Waals surface area contributed by atoms with E-state index in [0.717, 1.165) is 16.5 Å². The second-order valence-corrected chi connectivity index (χ2v) is 5.94. The van der Waals surface area contributed by atoms with E-state index in [4.69, 9.17) is 23.2 Å². The molecular weight excluding hydrogens is 289 g/mol. The van der Waals surface area contributed by atoms with Crippen molar-refractivity contribution >= 4 is 23.2 Å². The van der Waals surface area contributed by atoms with E-state index in [-0.39, 0.29) is 0 Å². The van der Waals surface area contributed by atoms with Gasteiger partial charge < -0.3 is 5.32 Å². The minimum atomic E-state index is 0.381. The van der Waals surface area contributed by atoms with Gasteiger partial charge in [-0.05, 0) is 55.8 Å². The fraction of sp³-hybridized carbons (Fsp3) is 0.294. The van der Waals surface area contributed by atoms with Crippen LogP contribution in [0.2, 0.25) is 10.0 Å². The average molecular weight is 308 g/mol. The number of benzene rings is 2. The SMILES string of the molecule is CNC(C)C(Cc1ccc(Cl)cc1)c1ccc(Cl)cc1. The van der Waals surface area contributed by atoms with E-state index >= 15 is 0 Å². The number of likely N-dealkylation sites (N-methyl/N-ethyl adjacent to an activating group) is 1. The van der Waals surface area contributed by atoms with Gasteiger partial charge in [0.15, 0.2) is 0 Å². The summed E-state index contributed by atoms with van der Waals surface area (Å²) in [6, 6.07) is 16.6. The Kier molecular flexibility index (Phi) is 5.47. The fourth-order valence-electron chi connectivity index (χ4n) is 2.37. The maximum Gasteiger partial charge on any atom is 0.0406 e. The normalized spacial score (nSPS) is 14.0. The van der Waals surface area contributed by atoms with Crippen molar-refractivity contribution in [3.8, 4) is 0 Å². The quantitative estimate of drug-likeness (QED) is 0.826. The van der Waals surface area contributed by atoms with E-state index in [0.29, 0.717) is 12.0 Å². The lowest BCUT2D eigenvalue weighted by Gasteiger charge is -2.24. The predicted octanol–water partition coefficient (Wildman–Crippen LogP) is 4.93. The molecule has 0 fully saturated rings. The van der Waals surface area contributed by atoms with Crippen LogP contribution in [0.4, 0.5) is 0 Å². The minimum Gasteiger partial charge on any atom is -0.317 e. The molecule has 2 atom stereocenters. The van der Waals surface area contributed by atoms with E-state index < -0.39 is 0 Å². The molecule has 106 valence electrons. The molecule has 1 nitrogen and oxygen atoms in total. The smallest absolute Gasteiger partial charge is 0.0406 e. The molecule has 0 saturated carbocycles. The zero-order chi connectivity index (χ0) is 14.5. The van der Waals surface area contributed by atoms with Gasteiger partial charge in [-0.2, -0.15) is 0 Å². The van der Waals surface area contributed by atoms with Crippen LogP contribution in [0.1, 0.15) is 24.0 Å². The Morgan fingerprint density at radius 3 is 1.90 bits per heavy atom. The van der Waals surface area contributed by atoms with Gasteiger partial charge in [0, 0.05) is 22.0 Å². The summed E-state index contributed by atoms with van der Waals surface area (Å²) in [4.78, 5) is 0. The molecule has 1 N–H and O–H groups in total. The summed E-state index contributed by atoms with van der Waals surface area (Å²) < 4.78 is 0. The zero-order valence-electron chi connectivity index (χ0n) is 11.7. The number of halogens is 2. The van der Waals surface area contributed by atoms with Crippen molar-refractivity contribution in [1.29, 1.82) is 0 Å². The van der Waals surface area contributed by atoms with Crippen LogP contribution in [0.25, 0.3) is 0 Å². The van der Waals surface area contributed by atoms with Crippen molar-refractivity contribution in [2.75, 3.05) is 7.05 Å². The summed E-state index contributed by atoms with van der Waals surface area (Å²) in [6.07, 6.45) is 0.973. The summed E-state index contributed by atoms with van der Waals surface area (Å²) in [6.45, 7) is 2.20. The minimum absolute atomic E-state index is 0.381. The lowest BCUT2D eigenvalue weighted by Crippen LogP contribution is -2.30. The van der Waals surface area contributed by atoms with Crippen LogP contribution in [-0.4, -0.2) is 13.1 Å². The molecule has 0 heterocycles. The van der Waals surface area contributed by atoms with Crippen LogP contribution >= 0.6 is 23.2 Å². The summed E-state index contributed by atoms with van der Waals surface area (Å²) in [5, 5.41) is 4.90. The molecule has 0 bridgehead atoms. The molecule has 0 aromatic heterocycles. The maximum atomic E-state index is 5.98. The van der Waals surface area contributed by atoms with Crippen molar-refractivity contribution in [2.45, 2.75) is 25.3 Å². The van der Waals surface area contributed by atoms with E-state index in [9.17, 15) is 0 Å². The van der Waals surface area contributed by atoms with Crippen molar-refractivity contribution in [2.24, 2.45) is 0 Å². The molecule has 0 aliphatic heterocycles. The summed E-state index contributed by atoms with van der Waals surface area (Å²) >= 11 is 11.9. The second-order valence-electron chi connectivity index (χ2n) is 5.07. The van der Waals surface area contributed by atoms with Crippen LogP contribution in [0.5, 0.6) is 0 Å². The van der Waals surface area contributed by atoms with Crippen LogP contribution in [0.3, 0.4) is 0 Å². The molecule has 0 spiro atoms. The Morgan fingerprint density at radius 1 is 0.900 bits per heavy atom. The largest absolute Gasteiger partial charge is 0.317 e. The Balaban J connectivity index is 2.23. The molecule has 2 unspecified atom stereocenters. The van der Waals surface area contributed by atoms with Crippen molar-refractivity contribution in [1.82, 2.24) is 5.32 Å². The first-order chi connectivity index (χ1) is 9.60. The highest BCUT2D eigenvalue weighted by atomic mass is 35.5. The van der Waals surface area contributed by atoms with Crippen LogP contribution < -0.4 is 5.32 Å². The number of nitrogens with one attached hydrogen (secondary N) is 1. The first-order valence-corrected chi connectivity index (χ1v) is 7.53. The monoisotopic (exact) mass is 307 g/mol. The molecule has 0 saturated heterocycles. The van der Waals surface area contributed by atoms with Gasteiger partial charge in [-0.3, -0.25) is 0 Å². The highest BCUT2D eigenvalue weighted by Crippen LogP contribution is 2.26. The van der Waals surface area contributed by atoms with E-state index in [2.05, 4.69) is 36.5 Å². The van der Waals surface area contributed by atoms with Gasteiger partial charge in [0.25, 0.3) is 0 Å². The first kappa shape index (κ1) is 15.4. The van der Waals surface area contributed by atoms with Crippen LogP contribution in [-0.2, 0) is 6.42 Å².